The highest BCUT2D eigenvalue weighted by Crippen LogP contribution is 2.34. The minimum Gasteiger partial charge on any atom is -0.390 e. The van der Waals surface area contributed by atoms with Crippen molar-refractivity contribution < 1.29 is 18.3 Å². The van der Waals surface area contributed by atoms with E-state index in [-0.39, 0.29) is 5.02 Å². The van der Waals surface area contributed by atoms with E-state index in [9.17, 15) is 18.3 Å². The normalized spacial score (nSPS) is 24.6. The van der Waals surface area contributed by atoms with E-state index in [1.165, 1.54) is 0 Å². The lowest BCUT2D eigenvalue weighted by Crippen LogP contribution is -2.29. The van der Waals surface area contributed by atoms with Crippen molar-refractivity contribution in [1.82, 2.24) is 4.98 Å². The number of alkyl halides is 3. The molecule has 1 saturated heterocycles. The van der Waals surface area contributed by atoms with Gasteiger partial charge in [0, 0.05) is 19.3 Å². The van der Waals surface area contributed by atoms with Crippen LogP contribution in [0.15, 0.2) is 12.3 Å². The molecule has 0 amide bonds. The quantitative estimate of drug-likeness (QED) is 0.862. The molecular weight excluding hydrogens is 293 g/mol. The van der Waals surface area contributed by atoms with Crippen molar-refractivity contribution in [2.75, 3.05) is 18.0 Å². The van der Waals surface area contributed by atoms with Crippen LogP contribution in [0, 0.1) is 0 Å². The Bertz CT molecular complexity index is 491. The van der Waals surface area contributed by atoms with E-state index in [1.54, 1.807) is 6.92 Å². The van der Waals surface area contributed by atoms with Gasteiger partial charge in [0.15, 0.2) is 0 Å². The fourth-order valence-electron chi connectivity index (χ4n) is 2.29. The highest BCUT2D eigenvalue weighted by atomic mass is 35.5. The molecule has 1 aliphatic heterocycles. The highest BCUT2D eigenvalue weighted by Gasteiger charge is 2.32. The molecule has 1 aromatic heterocycles. The van der Waals surface area contributed by atoms with Crippen molar-refractivity contribution in [2.24, 2.45) is 0 Å². The molecule has 0 aliphatic carbocycles. The van der Waals surface area contributed by atoms with Gasteiger partial charge in [0.05, 0.1) is 16.2 Å². The average molecular weight is 309 g/mol. The fourth-order valence-corrected chi connectivity index (χ4v) is 2.58. The fraction of sp³-hybridized carbons (Fsp3) is 0.615. The van der Waals surface area contributed by atoms with Gasteiger partial charge in [-0.25, -0.2) is 4.98 Å². The predicted octanol–water partition coefficient (Wildman–Crippen LogP) is 3.50. The summed E-state index contributed by atoms with van der Waals surface area (Å²) in [6.07, 6.45) is -1.72. The molecule has 0 aromatic carbocycles. The number of pyridine rings is 1. The third kappa shape index (κ3) is 3.55. The molecule has 1 fully saturated rings. The smallest absolute Gasteiger partial charge is 0.390 e. The Morgan fingerprint density at radius 1 is 1.35 bits per heavy atom. The number of nitrogens with zero attached hydrogens (tertiary/aromatic N) is 2. The first-order valence-corrected chi connectivity index (χ1v) is 6.77. The van der Waals surface area contributed by atoms with E-state index in [0.717, 1.165) is 18.7 Å². The van der Waals surface area contributed by atoms with Crippen LogP contribution in [0.3, 0.4) is 0 Å². The Balaban J connectivity index is 2.21. The van der Waals surface area contributed by atoms with Crippen molar-refractivity contribution >= 4 is 17.4 Å². The lowest BCUT2D eigenvalue weighted by atomic mass is 9.98. The molecule has 1 atom stereocenters. The van der Waals surface area contributed by atoms with Crippen LogP contribution >= 0.6 is 11.6 Å². The minimum absolute atomic E-state index is 0.0126. The van der Waals surface area contributed by atoms with E-state index in [1.807, 2.05) is 4.90 Å². The molecule has 0 bridgehead atoms. The average Bonchev–Trinajstić information content (AvgIpc) is 2.49. The van der Waals surface area contributed by atoms with Crippen molar-refractivity contribution in [2.45, 2.75) is 38.0 Å². The Morgan fingerprint density at radius 2 is 2.05 bits per heavy atom. The summed E-state index contributed by atoms with van der Waals surface area (Å²) < 4.78 is 37.7. The van der Waals surface area contributed by atoms with Crippen LogP contribution in [0.4, 0.5) is 19.0 Å². The third-order valence-corrected chi connectivity index (χ3v) is 3.79. The van der Waals surface area contributed by atoms with E-state index >= 15 is 0 Å². The Hall–Kier alpha value is -1.01. The summed E-state index contributed by atoms with van der Waals surface area (Å²) in [7, 11) is 0. The minimum atomic E-state index is -4.45. The van der Waals surface area contributed by atoms with Crippen LogP contribution in [0.5, 0.6) is 0 Å². The number of rotatable bonds is 1. The predicted molar refractivity (Wildman–Crippen MR) is 70.9 cm³/mol. The van der Waals surface area contributed by atoms with Crippen molar-refractivity contribution in [3.63, 3.8) is 0 Å². The van der Waals surface area contributed by atoms with Gasteiger partial charge < -0.3 is 10.0 Å². The van der Waals surface area contributed by atoms with E-state index in [0.29, 0.717) is 31.7 Å². The molecule has 1 aliphatic rings. The number of hydrogen-bond acceptors (Lipinski definition) is 3. The zero-order valence-electron chi connectivity index (χ0n) is 11.0. The summed E-state index contributed by atoms with van der Waals surface area (Å²) in [5.41, 5.74) is -1.60. The topological polar surface area (TPSA) is 36.4 Å². The summed E-state index contributed by atoms with van der Waals surface area (Å²) in [5, 5.41) is 10.00. The first-order chi connectivity index (χ1) is 9.19. The molecule has 2 rings (SSSR count). The number of halogens is 4. The van der Waals surface area contributed by atoms with Crippen molar-refractivity contribution in [3.8, 4) is 0 Å². The number of aromatic nitrogens is 1. The maximum Gasteiger partial charge on any atom is 0.417 e. The van der Waals surface area contributed by atoms with Gasteiger partial charge in [-0.05, 0) is 32.3 Å². The Morgan fingerprint density at radius 3 is 2.65 bits per heavy atom. The molecule has 0 saturated carbocycles. The van der Waals surface area contributed by atoms with Crippen LogP contribution in [0.1, 0.15) is 31.7 Å². The van der Waals surface area contributed by atoms with E-state index < -0.39 is 17.3 Å². The lowest BCUT2D eigenvalue weighted by molar-refractivity contribution is -0.137. The molecule has 1 unspecified atom stereocenters. The largest absolute Gasteiger partial charge is 0.417 e. The first-order valence-electron chi connectivity index (χ1n) is 6.39. The van der Waals surface area contributed by atoms with E-state index in [4.69, 9.17) is 11.6 Å². The van der Waals surface area contributed by atoms with Gasteiger partial charge in [0.25, 0.3) is 0 Å². The van der Waals surface area contributed by atoms with Gasteiger partial charge in [-0.1, -0.05) is 11.6 Å². The number of hydrogen-bond donors (Lipinski definition) is 1. The van der Waals surface area contributed by atoms with Gasteiger partial charge in [0.2, 0.25) is 0 Å². The molecule has 1 N–H and O–H groups in total. The summed E-state index contributed by atoms with van der Waals surface area (Å²) >= 11 is 5.93. The highest BCUT2D eigenvalue weighted by molar-refractivity contribution is 6.33. The van der Waals surface area contributed by atoms with Gasteiger partial charge in [-0.15, -0.1) is 0 Å². The van der Waals surface area contributed by atoms with Gasteiger partial charge >= 0.3 is 6.18 Å². The second-order valence-corrected chi connectivity index (χ2v) is 5.77. The summed E-state index contributed by atoms with van der Waals surface area (Å²) in [4.78, 5) is 5.67. The van der Waals surface area contributed by atoms with Crippen LogP contribution in [0.2, 0.25) is 5.02 Å². The lowest BCUT2D eigenvalue weighted by Gasteiger charge is -2.24. The standard InChI is InChI=1S/C13H16ClF3N2O/c1-12(20)3-2-5-19(6-4-12)11-10(14)7-9(8-18-11)13(15,16)17/h7-8,20H,2-6H2,1H3. The molecule has 20 heavy (non-hydrogen) atoms. The molecule has 0 radical (unpaired) electrons. The second-order valence-electron chi connectivity index (χ2n) is 5.36. The maximum absolute atomic E-state index is 12.6. The van der Waals surface area contributed by atoms with Crippen LogP contribution in [-0.4, -0.2) is 28.8 Å². The maximum atomic E-state index is 12.6. The molecule has 7 heteroatoms. The molecule has 1 aromatic rings. The van der Waals surface area contributed by atoms with Crippen LogP contribution < -0.4 is 4.90 Å². The summed E-state index contributed by atoms with van der Waals surface area (Å²) in [6, 6.07) is 0.896. The van der Waals surface area contributed by atoms with E-state index in [2.05, 4.69) is 4.98 Å². The van der Waals surface area contributed by atoms with Crippen molar-refractivity contribution in [3.05, 3.63) is 22.8 Å². The van der Waals surface area contributed by atoms with Crippen molar-refractivity contribution in [1.29, 1.82) is 0 Å². The summed E-state index contributed by atoms with van der Waals surface area (Å²) in [5.74, 6) is 0.345. The number of anilines is 1. The first kappa shape index (κ1) is 15.4. The zero-order valence-corrected chi connectivity index (χ0v) is 11.8. The second kappa shape index (κ2) is 5.41. The van der Waals surface area contributed by atoms with Crippen LogP contribution in [-0.2, 0) is 6.18 Å². The Labute approximate surface area is 120 Å². The molecule has 2 heterocycles. The molecule has 3 nitrogen and oxygen atoms in total. The molecular formula is C13H16ClF3N2O. The monoisotopic (exact) mass is 308 g/mol. The summed E-state index contributed by atoms with van der Waals surface area (Å²) in [6.45, 7) is 2.90. The SMILES string of the molecule is CC1(O)CCCN(c2ncc(C(F)(F)F)cc2Cl)CC1. The van der Waals surface area contributed by atoms with Gasteiger partial charge in [-0.3, -0.25) is 0 Å². The molecule has 112 valence electrons. The van der Waals surface area contributed by atoms with Gasteiger partial charge in [0.1, 0.15) is 5.82 Å². The van der Waals surface area contributed by atoms with Gasteiger partial charge in [-0.2, -0.15) is 13.2 Å². The zero-order chi connectivity index (χ0) is 15.0. The molecule has 0 spiro atoms. The third-order valence-electron chi connectivity index (χ3n) is 3.51. The Kier molecular flexibility index (Phi) is 4.16. The number of aliphatic hydroxyl groups is 1. The van der Waals surface area contributed by atoms with Crippen LogP contribution in [0.25, 0.3) is 0 Å².